The van der Waals surface area contributed by atoms with Crippen molar-refractivity contribution in [3.8, 4) is 5.75 Å². The van der Waals surface area contributed by atoms with Gasteiger partial charge in [0.1, 0.15) is 5.75 Å². The predicted molar refractivity (Wildman–Crippen MR) is 78.7 cm³/mol. The second kappa shape index (κ2) is 4.68. The summed E-state index contributed by atoms with van der Waals surface area (Å²) < 4.78 is 1.98. The number of carboxylic acids is 1. The number of thiophene rings is 1. The van der Waals surface area contributed by atoms with E-state index in [9.17, 15) is 15.0 Å². The molecule has 0 saturated carbocycles. The van der Waals surface area contributed by atoms with Gasteiger partial charge in [0.05, 0.1) is 12.1 Å². The van der Waals surface area contributed by atoms with Crippen LogP contribution in [0.4, 0.5) is 0 Å². The monoisotopic (exact) mass is 287 g/mol. The number of carbonyl (C=O) groups is 1. The molecule has 0 unspecified atom stereocenters. The zero-order valence-electron chi connectivity index (χ0n) is 10.8. The third-order valence-electron chi connectivity index (χ3n) is 3.41. The van der Waals surface area contributed by atoms with Crippen LogP contribution in [0.15, 0.2) is 35.7 Å². The first-order valence-electron chi connectivity index (χ1n) is 6.15. The highest BCUT2D eigenvalue weighted by Crippen LogP contribution is 2.30. The Hall–Kier alpha value is -2.27. The summed E-state index contributed by atoms with van der Waals surface area (Å²) in [5.74, 6) is -0.892. The van der Waals surface area contributed by atoms with Gasteiger partial charge in [-0.3, -0.25) is 0 Å². The van der Waals surface area contributed by atoms with Gasteiger partial charge in [-0.1, -0.05) is 6.07 Å². The number of rotatable bonds is 3. The molecule has 0 atom stereocenters. The van der Waals surface area contributed by atoms with Gasteiger partial charge in [-0.25, -0.2) is 4.79 Å². The smallest absolute Gasteiger partial charge is 0.338 e. The molecule has 2 N–H and O–H groups in total. The van der Waals surface area contributed by atoms with Crippen LogP contribution < -0.4 is 0 Å². The summed E-state index contributed by atoms with van der Waals surface area (Å²) in [7, 11) is 0. The molecule has 0 aliphatic carbocycles. The van der Waals surface area contributed by atoms with E-state index in [0.717, 1.165) is 10.4 Å². The van der Waals surface area contributed by atoms with E-state index < -0.39 is 5.97 Å². The Morgan fingerprint density at radius 2 is 2.15 bits per heavy atom. The lowest BCUT2D eigenvalue weighted by atomic mass is 10.1. The first-order chi connectivity index (χ1) is 9.58. The van der Waals surface area contributed by atoms with Crippen molar-refractivity contribution in [1.82, 2.24) is 4.57 Å². The maximum atomic E-state index is 11.5. The van der Waals surface area contributed by atoms with Crippen molar-refractivity contribution in [2.45, 2.75) is 13.5 Å². The minimum Gasteiger partial charge on any atom is -0.508 e. The zero-order valence-corrected chi connectivity index (χ0v) is 11.6. The van der Waals surface area contributed by atoms with E-state index in [2.05, 4.69) is 0 Å². The molecule has 3 rings (SSSR count). The molecular weight excluding hydrogens is 274 g/mol. The number of carboxylic acid groups (broad SMARTS) is 1. The van der Waals surface area contributed by atoms with Gasteiger partial charge in [0.15, 0.2) is 0 Å². The van der Waals surface area contributed by atoms with Crippen molar-refractivity contribution in [3.63, 3.8) is 0 Å². The van der Waals surface area contributed by atoms with Gasteiger partial charge in [0.2, 0.25) is 0 Å². The fraction of sp³-hybridized carbons (Fsp3) is 0.133. The topological polar surface area (TPSA) is 62.5 Å². The number of aromatic hydroxyl groups is 1. The van der Waals surface area contributed by atoms with Crippen molar-refractivity contribution in [2.24, 2.45) is 0 Å². The molecule has 0 amide bonds. The number of fused-ring (bicyclic) bond motifs is 1. The number of phenols is 1. The van der Waals surface area contributed by atoms with Crippen LogP contribution in [0.2, 0.25) is 0 Å². The average Bonchev–Trinajstić information content (AvgIpc) is 2.97. The summed E-state index contributed by atoms with van der Waals surface area (Å²) in [6.45, 7) is 2.44. The molecule has 0 saturated heterocycles. The Bertz CT molecular complexity index is 787. The van der Waals surface area contributed by atoms with Crippen LogP contribution >= 0.6 is 11.3 Å². The Morgan fingerprint density at radius 3 is 2.80 bits per heavy atom. The Balaban J connectivity index is 2.26. The highest BCUT2D eigenvalue weighted by molar-refractivity contribution is 7.09. The molecule has 0 radical (unpaired) electrons. The van der Waals surface area contributed by atoms with Crippen LogP contribution in [0.3, 0.4) is 0 Å². The average molecular weight is 287 g/mol. The van der Waals surface area contributed by atoms with E-state index in [1.54, 1.807) is 30.4 Å². The quantitative estimate of drug-likeness (QED) is 0.775. The summed E-state index contributed by atoms with van der Waals surface area (Å²) in [5, 5.41) is 21.6. The fourth-order valence-electron chi connectivity index (χ4n) is 2.50. The van der Waals surface area contributed by atoms with E-state index in [4.69, 9.17) is 0 Å². The first kappa shape index (κ1) is 12.7. The number of benzene rings is 1. The second-order valence-corrected chi connectivity index (χ2v) is 5.66. The van der Waals surface area contributed by atoms with E-state index >= 15 is 0 Å². The maximum absolute atomic E-state index is 11.5. The number of aromatic carboxylic acids is 1. The molecule has 0 bridgehead atoms. The number of hydrogen-bond acceptors (Lipinski definition) is 3. The van der Waals surface area contributed by atoms with E-state index in [0.29, 0.717) is 17.6 Å². The Labute approximate surface area is 119 Å². The van der Waals surface area contributed by atoms with Crippen LogP contribution in [0.5, 0.6) is 5.75 Å². The molecule has 4 nitrogen and oxygen atoms in total. The number of aromatic nitrogens is 1. The summed E-state index contributed by atoms with van der Waals surface area (Å²) >= 11 is 1.64. The van der Waals surface area contributed by atoms with Crippen LogP contribution in [-0.2, 0) is 6.54 Å². The normalized spacial score (nSPS) is 11.1. The molecule has 20 heavy (non-hydrogen) atoms. The molecule has 2 heterocycles. The van der Waals surface area contributed by atoms with Gasteiger partial charge in [-0.05, 0) is 36.6 Å². The molecular formula is C15H13NO3S. The summed E-state index contributed by atoms with van der Waals surface area (Å²) in [6.07, 6.45) is 0. The van der Waals surface area contributed by atoms with Crippen molar-refractivity contribution in [1.29, 1.82) is 0 Å². The fourth-order valence-corrected chi connectivity index (χ4v) is 3.19. The lowest BCUT2D eigenvalue weighted by Crippen LogP contribution is -2.03. The SMILES string of the molecule is Cc1c(C(=O)O)c2cc(O)ccc2n1Cc1cccs1. The molecule has 0 aliphatic rings. The summed E-state index contributed by atoms with van der Waals surface area (Å²) in [5.41, 5.74) is 1.78. The van der Waals surface area contributed by atoms with Crippen LogP contribution in [0, 0.1) is 6.92 Å². The minimum atomic E-state index is -0.969. The van der Waals surface area contributed by atoms with Crippen LogP contribution in [0.1, 0.15) is 20.9 Å². The van der Waals surface area contributed by atoms with Crippen molar-refractivity contribution >= 4 is 28.2 Å². The third-order valence-corrected chi connectivity index (χ3v) is 4.28. The number of phenolic OH excluding ortho intramolecular Hbond substituents is 1. The van der Waals surface area contributed by atoms with Crippen molar-refractivity contribution in [2.75, 3.05) is 0 Å². The zero-order chi connectivity index (χ0) is 14.3. The second-order valence-electron chi connectivity index (χ2n) is 4.63. The number of nitrogens with zero attached hydrogens (tertiary/aromatic N) is 1. The lowest BCUT2D eigenvalue weighted by Gasteiger charge is -2.06. The molecule has 3 aromatic rings. The highest BCUT2D eigenvalue weighted by atomic mass is 32.1. The van der Waals surface area contributed by atoms with Gasteiger partial charge in [0, 0.05) is 21.5 Å². The highest BCUT2D eigenvalue weighted by Gasteiger charge is 2.19. The van der Waals surface area contributed by atoms with Crippen molar-refractivity contribution < 1.29 is 15.0 Å². The van der Waals surface area contributed by atoms with Gasteiger partial charge in [-0.2, -0.15) is 0 Å². The predicted octanol–water partition coefficient (Wildman–Crippen LogP) is 3.46. The van der Waals surface area contributed by atoms with Crippen LogP contribution in [-0.4, -0.2) is 20.7 Å². The van der Waals surface area contributed by atoms with E-state index in [-0.39, 0.29) is 11.3 Å². The maximum Gasteiger partial charge on any atom is 0.338 e. The first-order valence-corrected chi connectivity index (χ1v) is 7.03. The summed E-state index contributed by atoms with van der Waals surface area (Å²) in [4.78, 5) is 12.6. The molecule has 2 aromatic heterocycles. The van der Waals surface area contributed by atoms with Gasteiger partial charge >= 0.3 is 5.97 Å². The molecule has 1 aromatic carbocycles. The Kier molecular flexibility index (Phi) is 2.99. The molecule has 0 spiro atoms. The Morgan fingerprint density at radius 1 is 1.35 bits per heavy atom. The third kappa shape index (κ3) is 1.96. The lowest BCUT2D eigenvalue weighted by molar-refractivity contribution is 0.0698. The summed E-state index contributed by atoms with van der Waals surface area (Å²) in [6, 6.07) is 8.86. The molecule has 0 fully saturated rings. The van der Waals surface area contributed by atoms with Crippen molar-refractivity contribution in [3.05, 3.63) is 51.8 Å². The van der Waals surface area contributed by atoms with Gasteiger partial charge < -0.3 is 14.8 Å². The minimum absolute atomic E-state index is 0.0771. The van der Waals surface area contributed by atoms with Gasteiger partial charge in [-0.15, -0.1) is 11.3 Å². The number of hydrogen-bond donors (Lipinski definition) is 2. The molecule has 0 aliphatic heterocycles. The molecule has 102 valence electrons. The van der Waals surface area contributed by atoms with Crippen LogP contribution in [0.25, 0.3) is 10.9 Å². The molecule has 5 heteroatoms. The van der Waals surface area contributed by atoms with E-state index in [1.165, 1.54) is 6.07 Å². The largest absolute Gasteiger partial charge is 0.508 e. The van der Waals surface area contributed by atoms with Gasteiger partial charge in [0.25, 0.3) is 0 Å². The van der Waals surface area contributed by atoms with E-state index in [1.807, 2.05) is 22.1 Å². The standard InChI is InChI=1S/C15H13NO3S/c1-9-14(15(18)19)12-7-10(17)4-5-13(12)16(9)8-11-3-2-6-20-11/h2-7,17H,8H2,1H3,(H,18,19).